The molecule has 0 bridgehead atoms. The second-order valence-electron chi connectivity index (χ2n) is 8.17. The molecule has 2 aromatic rings. The van der Waals surface area contributed by atoms with Gasteiger partial charge in [0.15, 0.2) is 0 Å². The lowest BCUT2D eigenvalue weighted by molar-refractivity contribution is 0.0698. The van der Waals surface area contributed by atoms with Crippen molar-refractivity contribution in [3.05, 3.63) is 59.7 Å². The number of piperidine rings is 2. The first-order chi connectivity index (χ1) is 14.6. The molecule has 2 N–H and O–H groups in total. The standard InChI is InChI=1S/C24H29N3O3/c28-23(18-7-3-1-4-8-18)25-22-10-9-20(17-21(22)24(29)30)27-15-11-19(12-16-27)26-13-5-2-6-14-26/h1,3-4,7-10,17,19H,2,5-6,11-16H2,(H,25,28)(H,29,30). The normalized spacial score (nSPS) is 18.2. The number of carbonyl (C=O) groups excluding carboxylic acids is 1. The Labute approximate surface area is 177 Å². The fraction of sp³-hybridized carbons (Fsp3) is 0.417. The summed E-state index contributed by atoms with van der Waals surface area (Å²) in [6.07, 6.45) is 6.17. The Kier molecular flexibility index (Phi) is 6.33. The average Bonchev–Trinajstić information content (AvgIpc) is 2.80. The molecule has 1 amide bonds. The third kappa shape index (κ3) is 4.65. The molecule has 6 heteroatoms. The van der Waals surface area contributed by atoms with Gasteiger partial charge >= 0.3 is 5.97 Å². The Morgan fingerprint density at radius 2 is 1.60 bits per heavy atom. The van der Waals surface area contributed by atoms with Crippen molar-refractivity contribution in [2.45, 2.75) is 38.1 Å². The largest absolute Gasteiger partial charge is 0.478 e. The number of rotatable bonds is 5. The average molecular weight is 408 g/mol. The molecule has 2 aromatic carbocycles. The number of likely N-dealkylation sites (tertiary alicyclic amines) is 1. The summed E-state index contributed by atoms with van der Waals surface area (Å²) in [6.45, 7) is 4.28. The van der Waals surface area contributed by atoms with Gasteiger partial charge in [0, 0.05) is 30.4 Å². The molecular weight excluding hydrogens is 378 g/mol. The van der Waals surface area contributed by atoms with Gasteiger partial charge in [0.25, 0.3) is 5.91 Å². The fourth-order valence-electron chi connectivity index (χ4n) is 4.57. The van der Waals surface area contributed by atoms with E-state index in [1.807, 2.05) is 12.1 Å². The molecule has 0 unspecified atom stereocenters. The summed E-state index contributed by atoms with van der Waals surface area (Å²) in [4.78, 5) is 29.2. The second-order valence-corrected chi connectivity index (χ2v) is 8.17. The molecule has 2 aliphatic rings. The zero-order valence-corrected chi connectivity index (χ0v) is 17.2. The second kappa shape index (κ2) is 9.30. The summed E-state index contributed by atoms with van der Waals surface area (Å²) in [5.41, 5.74) is 1.85. The van der Waals surface area contributed by atoms with Crippen molar-refractivity contribution in [2.75, 3.05) is 36.4 Å². The molecule has 2 aliphatic heterocycles. The van der Waals surface area contributed by atoms with Gasteiger partial charge in [0.1, 0.15) is 0 Å². The molecule has 2 heterocycles. The van der Waals surface area contributed by atoms with Crippen LogP contribution >= 0.6 is 0 Å². The van der Waals surface area contributed by atoms with Crippen molar-refractivity contribution in [3.63, 3.8) is 0 Å². The maximum absolute atomic E-state index is 12.4. The number of hydrogen-bond acceptors (Lipinski definition) is 4. The van der Waals surface area contributed by atoms with Crippen molar-refractivity contribution in [3.8, 4) is 0 Å². The summed E-state index contributed by atoms with van der Waals surface area (Å²) in [7, 11) is 0. The monoisotopic (exact) mass is 407 g/mol. The lowest BCUT2D eigenvalue weighted by atomic mass is 9.99. The highest BCUT2D eigenvalue weighted by Crippen LogP contribution is 2.28. The van der Waals surface area contributed by atoms with Gasteiger partial charge in [0.2, 0.25) is 0 Å². The first kappa shape index (κ1) is 20.4. The number of benzene rings is 2. The molecule has 30 heavy (non-hydrogen) atoms. The maximum Gasteiger partial charge on any atom is 0.337 e. The fourth-order valence-corrected chi connectivity index (χ4v) is 4.57. The lowest BCUT2D eigenvalue weighted by Gasteiger charge is -2.41. The number of carbonyl (C=O) groups is 2. The molecule has 4 rings (SSSR count). The molecule has 6 nitrogen and oxygen atoms in total. The van der Waals surface area contributed by atoms with E-state index in [4.69, 9.17) is 0 Å². The van der Waals surface area contributed by atoms with E-state index in [1.54, 1.807) is 36.4 Å². The number of nitrogens with one attached hydrogen (secondary N) is 1. The Bertz CT molecular complexity index is 886. The van der Waals surface area contributed by atoms with Gasteiger partial charge in [-0.15, -0.1) is 0 Å². The minimum absolute atomic E-state index is 0.120. The van der Waals surface area contributed by atoms with Gasteiger partial charge in [-0.05, 0) is 69.1 Å². The van der Waals surface area contributed by atoms with Crippen LogP contribution in [0.25, 0.3) is 0 Å². The Hall–Kier alpha value is -2.86. The van der Waals surface area contributed by atoms with Crippen LogP contribution in [0.15, 0.2) is 48.5 Å². The van der Waals surface area contributed by atoms with Crippen LogP contribution in [-0.2, 0) is 0 Å². The van der Waals surface area contributed by atoms with Gasteiger partial charge in [-0.1, -0.05) is 24.6 Å². The van der Waals surface area contributed by atoms with E-state index in [1.165, 1.54) is 32.4 Å². The number of nitrogens with zero attached hydrogens (tertiary/aromatic N) is 2. The quantitative estimate of drug-likeness (QED) is 0.781. The molecule has 0 aromatic heterocycles. The van der Waals surface area contributed by atoms with Gasteiger partial charge in [-0.2, -0.15) is 0 Å². The number of carboxylic acids is 1. The number of hydrogen-bond donors (Lipinski definition) is 2. The molecule has 0 saturated carbocycles. The first-order valence-electron chi connectivity index (χ1n) is 10.8. The highest BCUT2D eigenvalue weighted by atomic mass is 16.4. The van der Waals surface area contributed by atoms with E-state index in [0.717, 1.165) is 31.6 Å². The summed E-state index contributed by atoms with van der Waals surface area (Å²) in [5.74, 6) is -1.35. The molecule has 158 valence electrons. The smallest absolute Gasteiger partial charge is 0.337 e. The first-order valence-corrected chi connectivity index (χ1v) is 10.8. The van der Waals surface area contributed by atoms with Crippen LogP contribution < -0.4 is 10.2 Å². The van der Waals surface area contributed by atoms with Gasteiger partial charge in [-0.25, -0.2) is 4.79 Å². The predicted octanol–water partition coefficient (Wildman–Crippen LogP) is 4.09. The number of carboxylic acid groups (broad SMARTS) is 1. The number of aromatic carboxylic acids is 1. The van der Waals surface area contributed by atoms with Crippen molar-refractivity contribution < 1.29 is 14.7 Å². The van der Waals surface area contributed by atoms with Crippen LogP contribution in [0.2, 0.25) is 0 Å². The van der Waals surface area contributed by atoms with E-state index < -0.39 is 5.97 Å². The van der Waals surface area contributed by atoms with Crippen LogP contribution in [0.5, 0.6) is 0 Å². The zero-order chi connectivity index (χ0) is 20.9. The number of amides is 1. The topological polar surface area (TPSA) is 72.9 Å². The van der Waals surface area contributed by atoms with Crippen LogP contribution in [0, 0.1) is 0 Å². The minimum atomic E-state index is -1.04. The van der Waals surface area contributed by atoms with Gasteiger partial charge in [0.05, 0.1) is 11.3 Å². The van der Waals surface area contributed by atoms with E-state index >= 15 is 0 Å². The van der Waals surface area contributed by atoms with Crippen LogP contribution in [0.1, 0.15) is 52.8 Å². The van der Waals surface area contributed by atoms with E-state index in [-0.39, 0.29) is 11.5 Å². The van der Waals surface area contributed by atoms with E-state index in [0.29, 0.717) is 17.3 Å². The van der Waals surface area contributed by atoms with Crippen molar-refractivity contribution >= 4 is 23.3 Å². The molecule has 0 aliphatic carbocycles. The van der Waals surface area contributed by atoms with Gasteiger partial charge < -0.3 is 20.2 Å². The highest BCUT2D eigenvalue weighted by Gasteiger charge is 2.26. The van der Waals surface area contributed by atoms with Gasteiger partial charge in [-0.3, -0.25) is 4.79 Å². The summed E-state index contributed by atoms with van der Waals surface area (Å²) >= 11 is 0. The van der Waals surface area contributed by atoms with Crippen LogP contribution in [0.4, 0.5) is 11.4 Å². The van der Waals surface area contributed by atoms with Crippen molar-refractivity contribution in [1.82, 2.24) is 4.90 Å². The summed E-state index contributed by atoms with van der Waals surface area (Å²) in [6, 6.07) is 14.8. The van der Waals surface area contributed by atoms with Crippen LogP contribution in [-0.4, -0.2) is 54.1 Å². The lowest BCUT2D eigenvalue weighted by Crippen LogP contribution is -2.46. The number of anilines is 2. The molecule has 0 atom stereocenters. The summed E-state index contributed by atoms with van der Waals surface area (Å²) < 4.78 is 0. The molecule has 0 radical (unpaired) electrons. The molecule has 2 saturated heterocycles. The Balaban J connectivity index is 1.44. The maximum atomic E-state index is 12.4. The predicted molar refractivity (Wildman–Crippen MR) is 118 cm³/mol. The van der Waals surface area contributed by atoms with Crippen molar-refractivity contribution in [1.29, 1.82) is 0 Å². The molecule has 0 spiro atoms. The minimum Gasteiger partial charge on any atom is -0.478 e. The van der Waals surface area contributed by atoms with Crippen LogP contribution in [0.3, 0.4) is 0 Å². The summed E-state index contributed by atoms with van der Waals surface area (Å²) in [5, 5.41) is 12.5. The highest BCUT2D eigenvalue weighted by molar-refractivity contribution is 6.08. The Morgan fingerprint density at radius 1 is 0.900 bits per heavy atom. The third-order valence-corrected chi connectivity index (χ3v) is 6.25. The Morgan fingerprint density at radius 3 is 2.27 bits per heavy atom. The zero-order valence-electron chi connectivity index (χ0n) is 17.2. The third-order valence-electron chi connectivity index (χ3n) is 6.25. The SMILES string of the molecule is O=C(Nc1ccc(N2CCC(N3CCCCC3)CC2)cc1C(=O)O)c1ccccc1. The van der Waals surface area contributed by atoms with E-state index in [2.05, 4.69) is 15.1 Å². The van der Waals surface area contributed by atoms with Crippen molar-refractivity contribution in [2.24, 2.45) is 0 Å². The molecular formula is C24H29N3O3. The molecule has 2 fully saturated rings. The van der Waals surface area contributed by atoms with E-state index in [9.17, 15) is 14.7 Å².